The van der Waals surface area contributed by atoms with Gasteiger partial charge in [0.1, 0.15) is 12.4 Å². The first-order valence-corrected chi connectivity index (χ1v) is 12.3. The van der Waals surface area contributed by atoms with Gasteiger partial charge < -0.3 is 9.84 Å². The molecule has 3 heteroatoms. The van der Waals surface area contributed by atoms with Crippen molar-refractivity contribution in [1.82, 2.24) is 0 Å². The minimum absolute atomic E-state index is 0.423. The molecule has 32 heavy (non-hydrogen) atoms. The number of allylic oxidation sites excluding steroid dienone is 4. The maximum absolute atomic E-state index is 10.4. The Morgan fingerprint density at radius 2 is 1.81 bits per heavy atom. The second-order valence-corrected chi connectivity index (χ2v) is 9.84. The predicted molar refractivity (Wildman–Crippen MR) is 137 cm³/mol. The van der Waals surface area contributed by atoms with Gasteiger partial charge in [0.2, 0.25) is 0 Å². The molecule has 4 rings (SSSR count). The SMILES string of the molecule is Cc1ccc(Pc2cc(CC3C=CC=CC3)ccc2OCc2ccccc2)c(C(C)O)c1. The molecule has 0 saturated heterocycles. The van der Waals surface area contributed by atoms with Gasteiger partial charge in [-0.25, -0.2) is 0 Å². The zero-order chi connectivity index (χ0) is 22.3. The minimum Gasteiger partial charge on any atom is -0.488 e. The molecule has 0 radical (unpaired) electrons. The Balaban J connectivity index is 1.62. The number of benzene rings is 3. The van der Waals surface area contributed by atoms with E-state index < -0.39 is 6.10 Å². The summed E-state index contributed by atoms with van der Waals surface area (Å²) >= 11 is 0. The average Bonchev–Trinajstić information content (AvgIpc) is 2.81. The van der Waals surface area contributed by atoms with E-state index >= 15 is 0 Å². The van der Waals surface area contributed by atoms with Crippen LogP contribution in [-0.4, -0.2) is 5.11 Å². The predicted octanol–water partition coefficient (Wildman–Crippen LogP) is 5.93. The van der Waals surface area contributed by atoms with E-state index in [0.29, 0.717) is 21.1 Å². The van der Waals surface area contributed by atoms with Crippen molar-refractivity contribution in [3.63, 3.8) is 0 Å². The second-order valence-electron chi connectivity index (χ2n) is 8.51. The van der Waals surface area contributed by atoms with Crippen molar-refractivity contribution in [2.24, 2.45) is 5.92 Å². The van der Waals surface area contributed by atoms with Crippen LogP contribution in [0.5, 0.6) is 5.75 Å². The maximum Gasteiger partial charge on any atom is 0.127 e. The minimum atomic E-state index is -0.492. The molecule has 3 aromatic carbocycles. The monoisotopic (exact) mass is 442 g/mol. The number of rotatable bonds is 8. The van der Waals surface area contributed by atoms with Crippen LogP contribution in [0, 0.1) is 12.8 Å². The zero-order valence-corrected chi connectivity index (χ0v) is 19.8. The van der Waals surface area contributed by atoms with Crippen molar-refractivity contribution in [3.05, 3.63) is 113 Å². The standard InChI is InChI=1S/C29H31O2P/c1-21-13-16-28(26(17-21)22(2)30)32-29-19-25(18-23-9-5-3-6-10-23)14-15-27(29)31-20-24-11-7-4-8-12-24/h3-9,11-17,19,22-23,30,32H,10,18,20H2,1-2H3. The molecule has 3 atom stereocenters. The van der Waals surface area contributed by atoms with Crippen molar-refractivity contribution in [1.29, 1.82) is 0 Å². The topological polar surface area (TPSA) is 29.5 Å². The lowest BCUT2D eigenvalue weighted by atomic mass is 9.93. The summed E-state index contributed by atoms with van der Waals surface area (Å²) < 4.78 is 6.28. The highest BCUT2D eigenvalue weighted by Gasteiger charge is 2.14. The van der Waals surface area contributed by atoms with Gasteiger partial charge >= 0.3 is 0 Å². The van der Waals surface area contributed by atoms with E-state index in [4.69, 9.17) is 4.74 Å². The van der Waals surface area contributed by atoms with E-state index in [-0.39, 0.29) is 0 Å². The molecule has 1 N–H and O–H groups in total. The first-order valence-electron chi connectivity index (χ1n) is 11.3. The lowest BCUT2D eigenvalue weighted by Crippen LogP contribution is -2.15. The van der Waals surface area contributed by atoms with Gasteiger partial charge in [0.15, 0.2) is 0 Å². The van der Waals surface area contributed by atoms with Crippen molar-refractivity contribution in [2.45, 2.75) is 39.4 Å². The van der Waals surface area contributed by atoms with Crippen molar-refractivity contribution in [2.75, 3.05) is 0 Å². The van der Waals surface area contributed by atoms with Gasteiger partial charge in [-0.05, 0) is 66.7 Å². The summed E-state index contributed by atoms with van der Waals surface area (Å²) in [6.07, 6.45) is 10.4. The summed E-state index contributed by atoms with van der Waals surface area (Å²) in [4.78, 5) is 0. The molecule has 1 aliphatic rings. The van der Waals surface area contributed by atoms with Crippen LogP contribution in [0.3, 0.4) is 0 Å². The van der Waals surface area contributed by atoms with Gasteiger partial charge in [-0.15, -0.1) is 0 Å². The quantitative estimate of drug-likeness (QED) is 0.438. The molecule has 0 saturated carbocycles. The van der Waals surface area contributed by atoms with Gasteiger partial charge in [0.05, 0.1) is 6.10 Å². The third-order valence-electron chi connectivity index (χ3n) is 5.77. The number of hydrogen-bond donors (Lipinski definition) is 1. The molecular formula is C29H31O2P. The Morgan fingerprint density at radius 1 is 0.969 bits per heavy atom. The Morgan fingerprint density at radius 3 is 2.56 bits per heavy atom. The van der Waals surface area contributed by atoms with Crippen molar-refractivity contribution < 1.29 is 9.84 Å². The summed E-state index contributed by atoms with van der Waals surface area (Å²) in [5.74, 6) is 1.46. The van der Waals surface area contributed by atoms with E-state index in [1.807, 2.05) is 25.1 Å². The Labute approximate surface area is 193 Å². The zero-order valence-electron chi connectivity index (χ0n) is 18.8. The smallest absolute Gasteiger partial charge is 0.127 e. The van der Waals surface area contributed by atoms with Crippen LogP contribution < -0.4 is 15.3 Å². The van der Waals surface area contributed by atoms with Crippen LogP contribution in [0.2, 0.25) is 0 Å². The van der Waals surface area contributed by atoms with Gasteiger partial charge in [-0.2, -0.15) is 0 Å². The average molecular weight is 443 g/mol. The van der Waals surface area contributed by atoms with Crippen molar-refractivity contribution >= 4 is 19.2 Å². The number of ether oxygens (including phenoxy) is 1. The Bertz CT molecular complexity index is 1100. The van der Waals surface area contributed by atoms with E-state index in [1.165, 1.54) is 21.7 Å². The molecule has 0 aromatic heterocycles. The molecule has 0 bridgehead atoms. The highest BCUT2D eigenvalue weighted by molar-refractivity contribution is 7.55. The van der Waals surface area contributed by atoms with Gasteiger partial charge in [-0.1, -0.05) is 93.0 Å². The normalized spacial score (nSPS) is 16.5. The summed E-state index contributed by atoms with van der Waals surface area (Å²) in [5, 5.41) is 12.7. The van der Waals surface area contributed by atoms with Crippen LogP contribution in [-0.2, 0) is 13.0 Å². The molecule has 0 fully saturated rings. The van der Waals surface area contributed by atoms with Crippen molar-refractivity contribution in [3.8, 4) is 5.75 Å². The lowest BCUT2D eigenvalue weighted by molar-refractivity contribution is 0.200. The fourth-order valence-corrected chi connectivity index (χ4v) is 5.45. The Kier molecular flexibility index (Phi) is 7.58. The second kappa shape index (κ2) is 10.8. The van der Waals surface area contributed by atoms with Crippen LogP contribution in [0.1, 0.15) is 41.7 Å². The van der Waals surface area contributed by atoms with E-state index in [9.17, 15) is 5.11 Å². The number of aliphatic hydroxyl groups excluding tert-OH is 1. The van der Waals surface area contributed by atoms with Crippen LogP contribution in [0.4, 0.5) is 0 Å². The van der Waals surface area contributed by atoms with Crippen LogP contribution in [0.15, 0.2) is 91.0 Å². The van der Waals surface area contributed by atoms with Crippen LogP contribution >= 0.6 is 8.58 Å². The molecule has 0 heterocycles. The molecule has 0 amide bonds. The molecule has 0 spiro atoms. The first kappa shape index (κ1) is 22.5. The fourth-order valence-electron chi connectivity index (χ4n) is 4.04. The molecule has 1 aliphatic carbocycles. The number of aliphatic hydroxyl groups is 1. The first-order chi connectivity index (χ1) is 15.6. The lowest BCUT2D eigenvalue weighted by Gasteiger charge is -2.18. The van der Waals surface area contributed by atoms with Gasteiger partial charge in [0.25, 0.3) is 0 Å². The third-order valence-corrected chi connectivity index (χ3v) is 7.16. The van der Waals surface area contributed by atoms with Crippen LogP contribution in [0.25, 0.3) is 0 Å². The summed E-state index contributed by atoms with van der Waals surface area (Å²) in [5.41, 5.74) is 4.66. The van der Waals surface area contributed by atoms with E-state index in [2.05, 4.69) is 79.8 Å². The third kappa shape index (κ3) is 5.97. The summed E-state index contributed by atoms with van der Waals surface area (Å²) in [6.45, 7) is 4.46. The van der Waals surface area contributed by atoms with Gasteiger partial charge in [0, 0.05) is 5.30 Å². The van der Waals surface area contributed by atoms with E-state index in [0.717, 1.165) is 29.7 Å². The molecule has 3 unspecified atom stereocenters. The fraction of sp³-hybridized carbons (Fsp3) is 0.241. The highest BCUT2D eigenvalue weighted by Crippen LogP contribution is 2.27. The summed E-state index contributed by atoms with van der Waals surface area (Å²) in [6, 6.07) is 23.3. The largest absolute Gasteiger partial charge is 0.488 e. The molecule has 0 aliphatic heterocycles. The molecule has 164 valence electrons. The summed E-state index contributed by atoms with van der Waals surface area (Å²) in [7, 11) is 0.423. The maximum atomic E-state index is 10.4. The molecule has 2 nitrogen and oxygen atoms in total. The van der Waals surface area contributed by atoms with Gasteiger partial charge in [-0.3, -0.25) is 0 Å². The van der Waals surface area contributed by atoms with E-state index in [1.54, 1.807) is 0 Å². The highest BCUT2D eigenvalue weighted by atomic mass is 31.1. The number of aryl methyl sites for hydroxylation is 1. The molecular weight excluding hydrogens is 411 g/mol. The Hall–Kier alpha value is -2.67. The molecule has 3 aromatic rings. The number of hydrogen-bond acceptors (Lipinski definition) is 2.